The summed E-state index contributed by atoms with van der Waals surface area (Å²) < 4.78 is 0. The van der Waals surface area contributed by atoms with Gasteiger partial charge in [-0.3, -0.25) is 0 Å². The third kappa shape index (κ3) is 14.7. The molecule has 0 rings (SSSR count). The van der Waals surface area contributed by atoms with Crippen LogP contribution in [-0.2, 0) is 14.5 Å². The second kappa shape index (κ2) is 11.9. The molecule has 50 valence electrons. The average Bonchev–Trinajstić information content (AvgIpc) is 1.83. The van der Waals surface area contributed by atoms with Gasteiger partial charge >= 0.3 is 109 Å². The fourth-order valence-corrected chi connectivity index (χ4v) is 0.164. The van der Waals surface area contributed by atoms with Crippen molar-refractivity contribution in [3.63, 3.8) is 0 Å². The van der Waals surface area contributed by atoms with Crippen LogP contribution in [0.3, 0.4) is 0 Å². The Balaban J connectivity index is -0.000000320. The first-order valence-corrected chi connectivity index (χ1v) is 1.89. The van der Waals surface area contributed by atoms with E-state index in [1.807, 2.05) is 0 Å². The molecule has 0 aliphatic carbocycles. The third-order valence-electron chi connectivity index (χ3n) is 0.438. The van der Waals surface area contributed by atoms with Crippen LogP contribution in [0.4, 0.5) is 0 Å². The van der Waals surface area contributed by atoms with Crippen LogP contribution in [0.2, 0.25) is 0 Å². The van der Waals surface area contributed by atoms with Gasteiger partial charge in [-0.15, -0.1) is 0 Å². The van der Waals surface area contributed by atoms with E-state index in [-0.39, 0.29) is 103 Å². The number of carbonyl (C=O) groups excluding carboxylic acids is 2. The van der Waals surface area contributed by atoms with Crippen LogP contribution in [0, 0.1) is 0 Å². The molecule has 0 aromatic heterocycles. The van der Waals surface area contributed by atoms with E-state index in [0.717, 1.165) is 0 Å². The molecular formula is C4H2K2O5. The van der Waals surface area contributed by atoms with Crippen molar-refractivity contribution in [3.8, 4) is 0 Å². The molecule has 5 nitrogen and oxygen atoms in total. The van der Waals surface area contributed by atoms with Crippen molar-refractivity contribution in [1.29, 1.82) is 0 Å². The van der Waals surface area contributed by atoms with Gasteiger partial charge in [0.2, 0.25) is 0 Å². The first-order valence-electron chi connectivity index (χ1n) is 1.89. The molecule has 0 heterocycles. The zero-order valence-corrected chi connectivity index (χ0v) is 12.4. The number of hydrogen-bond donors (Lipinski definition) is 0. The number of rotatable bonds is 2. The molecule has 0 bridgehead atoms. The number of aliphatic carboxylic acids is 1. The molecule has 0 saturated heterocycles. The molecule has 0 saturated carbocycles. The van der Waals surface area contributed by atoms with Crippen LogP contribution in [-0.4, -0.2) is 11.9 Å². The molecule has 7 heteroatoms. The Morgan fingerprint density at radius 3 is 1.91 bits per heavy atom. The van der Waals surface area contributed by atoms with E-state index < -0.39 is 11.9 Å². The minimum absolute atomic E-state index is 0. The Morgan fingerprint density at radius 2 is 1.64 bits per heavy atom. The van der Waals surface area contributed by atoms with E-state index in [9.17, 15) is 14.7 Å². The van der Waals surface area contributed by atoms with Gasteiger partial charge < -0.3 is 20.0 Å². The van der Waals surface area contributed by atoms with Crippen molar-refractivity contribution < 1.29 is 128 Å². The maximum Gasteiger partial charge on any atom is 1.00 e. The molecular weight excluding hydrogens is 206 g/mol. The number of carboxylic acid groups (broad SMARTS) is 1. The first kappa shape index (κ1) is 18.6. The van der Waals surface area contributed by atoms with Crippen molar-refractivity contribution in [3.05, 3.63) is 12.2 Å². The SMILES string of the molecule is O=C([O-])/C=C\C(=O)O[O-].[K+].[K+]. The maximum absolute atomic E-state index is 9.80. The summed E-state index contributed by atoms with van der Waals surface area (Å²) >= 11 is 0. The van der Waals surface area contributed by atoms with Crippen LogP contribution in [0.5, 0.6) is 0 Å². The van der Waals surface area contributed by atoms with Crippen molar-refractivity contribution in [2.24, 2.45) is 0 Å². The van der Waals surface area contributed by atoms with Gasteiger partial charge in [-0.05, 0) is 6.08 Å². The summed E-state index contributed by atoms with van der Waals surface area (Å²) in [6.07, 6.45) is 0.864. The van der Waals surface area contributed by atoms with Crippen LogP contribution >= 0.6 is 0 Å². The van der Waals surface area contributed by atoms with Crippen molar-refractivity contribution in [1.82, 2.24) is 0 Å². The second-order valence-corrected chi connectivity index (χ2v) is 1.05. The minimum Gasteiger partial charge on any atom is -0.661 e. The van der Waals surface area contributed by atoms with E-state index >= 15 is 0 Å². The van der Waals surface area contributed by atoms with Gasteiger partial charge in [0.25, 0.3) is 0 Å². The molecule has 0 unspecified atom stereocenters. The van der Waals surface area contributed by atoms with Crippen LogP contribution in [0.15, 0.2) is 12.2 Å². The maximum atomic E-state index is 9.80. The Hall–Kier alpha value is 1.91. The van der Waals surface area contributed by atoms with Crippen molar-refractivity contribution in [2.45, 2.75) is 0 Å². The summed E-state index contributed by atoms with van der Waals surface area (Å²) in [6, 6.07) is 0. The molecule has 0 aromatic rings. The van der Waals surface area contributed by atoms with Crippen molar-refractivity contribution in [2.75, 3.05) is 0 Å². The number of carbonyl (C=O) groups is 2. The molecule has 11 heavy (non-hydrogen) atoms. The Kier molecular flexibility index (Phi) is 20.2. The summed E-state index contributed by atoms with van der Waals surface area (Å²) in [5.41, 5.74) is 0. The monoisotopic (exact) mass is 208 g/mol. The standard InChI is InChI=1S/C4H4O5.2K/c5-3(6)1-2-4(7)9-8;;/h1-2,8H,(H,5,6);;/q;2*+1/p-2/b2-1-;;. The van der Waals surface area contributed by atoms with E-state index in [2.05, 4.69) is 4.89 Å². The van der Waals surface area contributed by atoms with E-state index in [4.69, 9.17) is 5.26 Å². The fraction of sp³-hybridized carbons (Fsp3) is 0. The van der Waals surface area contributed by atoms with Gasteiger partial charge in [-0.25, -0.2) is 4.79 Å². The summed E-state index contributed by atoms with van der Waals surface area (Å²) in [7, 11) is 0. The Labute approximate surface area is 148 Å². The normalized spacial score (nSPS) is 7.73. The molecule has 0 aliphatic heterocycles. The number of hydrogen-bond acceptors (Lipinski definition) is 5. The van der Waals surface area contributed by atoms with Gasteiger partial charge in [0.05, 0.1) is 5.97 Å². The third-order valence-corrected chi connectivity index (χ3v) is 0.438. The largest absolute Gasteiger partial charge is 1.00 e. The smallest absolute Gasteiger partial charge is 0.661 e. The Morgan fingerprint density at radius 1 is 1.18 bits per heavy atom. The van der Waals surface area contributed by atoms with E-state index in [1.54, 1.807) is 0 Å². The predicted octanol–water partition coefficient (Wildman–Crippen LogP) is -8.88. The molecule has 0 atom stereocenters. The first-order chi connectivity index (χ1) is 4.16. The van der Waals surface area contributed by atoms with Gasteiger partial charge in [0.1, 0.15) is 0 Å². The fourth-order valence-electron chi connectivity index (χ4n) is 0.164. The zero-order chi connectivity index (χ0) is 7.28. The molecule has 0 aliphatic rings. The minimum atomic E-state index is -1.56. The van der Waals surface area contributed by atoms with Crippen LogP contribution in [0.25, 0.3) is 0 Å². The molecule has 0 aromatic carbocycles. The van der Waals surface area contributed by atoms with Crippen LogP contribution in [0.1, 0.15) is 0 Å². The topological polar surface area (TPSA) is 89.5 Å². The van der Waals surface area contributed by atoms with Gasteiger partial charge in [-0.2, -0.15) is 0 Å². The average molecular weight is 208 g/mol. The zero-order valence-electron chi connectivity index (χ0n) is 6.20. The number of carboxylic acids is 1. The molecule has 0 fully saturated rings. The van der Waals surface area contributed by atoms with E-state index in [0.29, 0.717) is 12.2 Å². The van der Waals surface area contributed by atoms with E-state index in [1.165, 1.54) is 0 Å². The van der Waals surface area contributed by atoms with Crippen molar-refractivity contribution >= 4 is 11.9 Å². The summed E-state index contributed by atoms with van der Waals surface area (Å²) in [5.74, 6) is -2.82. The molecule has 0 radical (unpaired) electrons. The van der Waals surface area contributed by atoms with Gasteiger partial charge in [-0.1, -0.05) is 0 Å². The second-order valence-electron chi connectivity index (χ2n) is 1.05. The summed E-state index contributed by atoms with van der Waals surface area (Å²) in [5, 5.41) is 18.6. The van der Waals surface area contributed by atoms with Gasteiger partial charge in [0.15, 0.2) is 0 Å². The molecule has 0 amide bonds. The summed E-state index contributed by atoms with van der Waals surface area (Å²) in [6.45, 7) is 0. The quantitative estimate of drug-likeness (QED) is 0.194. The Bertz CT molecular complexity index is 155. The summed E-state index contributed by atoms with van der Waals surface area (Å²) in [4.78, 5) is 22.1. The molecule has 0 N–H and O–H groups in total. The van der Waals surface area contributed by atoms with Gasteiger partial charge in [0, 0.05) is 6.08 Å². The van der Waals surface area contributed by atoms with Crippen LogP contribution < -0.4 is 113 Å². The predicted molar refractivity (Wildman–Crippen MR) is 20.2 cm³/mol. The molecule has 0 spiro atoms.